The van der Waals surface area contributed by atoms with Crippen LogP contribution in [0.1, 0.15) is 0 Å². The number of benzene rings is 9. The van der Waals surface area contributed by atoms with Crippen LogP contribution in [-0.4, -0.2) is 110 Å². The van der Waals surface area contributed by atoms with E-state index < -0.39 is 0 Å². The predicted molar refractivity (Wildman–Crippen MR) is 295 cm³/mol. The zero-order chi connectivity index (χ0) is 46.6. The molecule has 0 fully saturated rings. The van der Waals surface area contributed by atoms with E-state index in [-0.39, 0.29) is 76.5 Å². The second-order valence-electron chi connectivity index (χ2n) is 16.3. The van der Waals surface area contributed by atoms with Gasteiger partial charge in [0.1, 0.15) is 121 Å². The van der Waals surface area contributed by atoms with Crippen LogP contribution >= 0.6 is 0 Å². The van der Waals surface area contributed by atoms with Gasteiger partial charge in [0, 0.05) is 27.8 Å². The van der Waals surface area contributed by atoms with E-state index in [0.717, 1.165) is 38.8 Å². The summed E-state index contributed by atoms with van der Waals surface area (Å²) in [5.74, 6) is 0. The van der Waals surface area contributed by atoms with Crippen LogP contribution in [0.5, 0.6) is 0 Å². The quantitative estimate of drug-likeness (QED) is 0.173. The third-order valence-corrected chi connectivity index (χ3v) is 12.7. The van der Waals surface area contributed by atoms with E-state index >= 15 is 0 Å². The zero-order valence-electron chi connectivity index (χ0n) is 35.4. The van der Waals surface area contributed by atoms with Gasteiger partial charge in [-0.25, -0.2) is 0 Å². The van der Waals surface area contributed by atoms with Gasteiger partial charge in [0.2, 0.25) is 0 Å². The first kappa shape index (κ1) is 43.9. The molecule has 2 nitrogen and oxygen atoms in total. The fraction of sp³-hybridized carbons (Fsp3) is 0. The highest BCUT2D eigenvalue weighted by Crippen LogP contribution is 2.40. The average molecular weight is 801 g/mol. The molecule has 0 amide bonds. The van der Waals surface area contributed by atoms with Gasteiger partial charge in [-0.2, -0.15) is 0 Å². The molecule has 0 saturated heterocycles. The molecule has 1 aromatic heterocycles. The van der Waals surface area contributed by atoms with Crippen LogP contribution in [0.25, 0.3) is 76.9 Å². The molecule has 272 valence electrons. The second kappa shape index (κ2) is 16.4. The van der Waals surface area contributed by atoms with Crippen LogP contribution in [0.4, 0.5) is 17.1 Å². The van der Waals surface area contributed by atoms with Crippen molar-refractivity contribution in [3.05, 3.63) is 115 Å². The van der Waals surface area contributed by atoms with Gasteiger partial charge in [0.15, 0.2) is 0 Å². The Morgan fingerprint density at radius 2 is 0.636 bits per heavy atom. The Labute approximate surface area is 402 Å². The SMILES string of the molecule is [B]c1c([B])c([B])c2c([B])c(-c3cccc(N(c4cccc(-c5ccc6oc7ccccc7c6c5)c4)c4cccc(-c5c([B])c([B])c6c([B])c([B])c([B])c([B])c6c5[B])c4)c3)c([B])c([B])c2c1[B]. The van der Waals surface area contributed by atoms with Crippen LogP contribution < -0.4 is 81.4 Å². The van der Waals surface area contributed by atoms with E-state index in [0.29, 0.717) is 55.2 Å². The molecule has 0 N–H and O–H groups in total. The van der Waals surface area contributed by atoms with Gasteiger partial charge in [-0.1, -0.05) is 115 Å². The lowest BCUT2D eigenvalue weighted by molar-refractivity contribution is 0.669. The van der Waals surface area contributed by atoms with Gasteiger partial charge in [0.05, 0.1) is 0 Å². The van der Waals surface area contributed by atoms with Gasteiger partial charge in [-0.15, -0.1) is 21.9 Å². The Hall–Kier alpha value is -5.99. The minimum Gasteiger partial charge on any atom is -0.456 e. The molecule has 0 saturated carbocycles. The summed E-state index contributed by atoms with van der Waals surface area (Å²) in [4.78, 5) is 2.08. The Bertz CT molecular complexity index is 3570. The van der Waals surface area contributed by atoms with Crippen LogP contribution in [0.15, 0.2) is 120 Å². The molecule has 0 bridgehead atoms. The maximum Gasteiger partial charge on any atom is 0.135 e. The maximum atomic E-state index is 6.96. The number of furan rings is 1. The van der Waals surface area contributed by atoms with Gasteiger partial charge in [-0.3, -0.25) is 0 Å². The van der Waals surface area contributed by atoms with Gasteiger partial charge in [-0.05, 0) is 110 Å². The molecule has 9 aromatic carbocycles. The van der Waals surface area contributed by atoms with Crippen LogP contribution in [-0.2, 0) is 0 Å². The Morgan fingerprint density at radius 3 is 1.11 bits per heavy atom. The smallest absolute Gasteiger partial charge is 0.135 e. The van der Waals surface area contributed by atoms with Crippen molar-refractivity contribution in [2.45, 2.75) is 0 Å². The molecule has 10 aromatic rings. The van der Waals surface area contributed by atoms with Crippen molar-refractivity contribution in [2.24, 2.45) is 0 Å². The summed E-state index contributed by atoms with van der Waals surface area (Å²) < 4.78 is 6.15. The molecule has 28 radical (unpaired) electrons. The van der Waals surface area contributed by atoms with Crippen molar-refractivity contribution in [3.8, 4) is 33.4 Å². The topological polar surface area (TPSA) is 16.4 Å². The first-order valence-electron chi connectivity index (χ1n) is 20.7. The average Bonchev–Trinajstić information content (AvgIpc) is 3.70. The van der Waals surface area contributed by atoms with Crippen LogP contribution in [0, 0.1) is 0 Å². The molecular weight excluding hydrogens is 782 g/mol. The van der Waals surface area contributed by atoms with E-state index in [2.05, 4.69) is 29.2 Å². The van der Waals surface area contributed by atoms with E-state index in [1.807, 2.05) is 91.0 Å². The summed E-state index contributed by atoms with van der Waals surface area (Å²) in [5.41, 5.74) is 9.90. The fourth-order valence-electron chi connectivity index (χ4n) is 9.26. The van der Waals surface area contributed by atoms with Crippen molar-refractivity contribution < 1.29 is 4.42 Å². The van der Waals surface area contributed by atoms with Crippen molar-refractivity contribution in [3.63, 3.8) is 0 Å². The number of hydrogen-bond donors (Lipinski definition) is 0. The number of para-hydroxylation sites is 1. The molecule has 16 heteroatoms. The summed E-state index contributed by atoms with van der Waals surface area (Å²) in [6, 6.07) is 37.6. The summed E-state index contributed by atoms with van der Waals surface area (Å²) in [5, 5.41) is 3.38. The van der Waals surface area contributed by atoms with Crippen molar-refractivity contribution in [1.82, 2.24) is 0 Å². The second-order valence-corrected chi connectivity index (χ2v) is 16.3. The molecule has 1 heterocycles. The number of hydrogen-bond acceptors (Lipinski definition) is 2. The minimum atomic E-state index is 0.0923. The van der Waals surface area contributed by atoms with Crippen LogP contribution in [0.3, 0.4) is 0 Å². The monoisotopic (exact) mass is 803 g/mol. The first-order chi connectivity index (χ1) is 31.6. The predicted octanol–water partition coefficient (Wildman–Crippen LogP) is -2.52. The standard InChI is InChI=1S/C50H19B14NO/c51-37-31(39(53)41(55)35-33(37)43(57)47(61)49(63)45(35)59)22-7-4-10-25(17-22)65(24-9-3-6-20(16-24)21-14-15-30-28(19-21)27-12-1-2-13-29(27)66-30)26-11-5-8-23(18-26)32-38(52)34-36(42(56)40(32)54)46(60)50(64)48(62)44(34)58/h1-19H. The largest absolute Gasteiger partial charge is 0.456 e. The summed E-state index contributed by atoms with van der Waals surface area (Å²) in [7, 11) is 92.0. The number of nitrogens with zero attached hydrogens (tertiary/aromatic N) is 1. The summed E-state index contributed by atoms with van der Waals surface area (Å²) in [6.07, 6.45) is 0. The molecule has 0 unspecified atom stereocenters. The lowest BCUT2D eigenvalue weighted by atomic mass is 9.58. The highest BCUT2D eigenvalue weighted by Gasteiger charge is 2.22. The van der Waals surface area contributed by atoms with Gasteiger partial charge in [0.25, 0.3) is 0 Å². The Kier molecular flexibility index (Phi) is 10.9. The maximum absolute atomic E-state index is 6.96. The molecule has 0 aliphatic heterocycles. The van der Waals surface area contributed by atoms with E-state index in [4.69, 9.17) is 114 Å². The summed E-state index contributed by atoms with van der Waals surface area (Å²) >= 11 is 0. The third-order valence-electron chi connectivity index (χ3n) is 12.7. The lowest BCUT2D eigenvalue weighted by Gasteiger charge is -2.29. The zero-order valence-corrected chi connectivity index (χ0v) is 35.4. The van der Waals surface area contributed by atoms with Gasteiger partial charge < -0.3 is 9.32 Å². The lowest BCUT2D eigenvalue weighted by Crippen LogP contribution is -2.52. The highest BCUT2D eigenvalue weighted by molar-refractivity contribution is 6.73. The van der Waals surface area contributed by atoms with Crippen molar-refractivity contribution >= 4 is 247 Å². The molecule has 66 heavy (non-hydrogen) atoms. The van der Waals surface area contributed by atoms with Crippen molar-refractivity contribution in [2.75, 3.05) is 4.90 Å². The number of rotatable bonds is 6. The summed E-state index contributed by atoms with van der Waals surface area (Å²) in [6.45, 7) is 0. The highest BCUT2D eigenvalue weighted by atomic mass is 16.3. The minimum absolute atomic E-state index is 0.0923. The third kappa shape index (κ3) is 6.68. The fourth-order valence-corrected chi connectivity index (χ4v) is 9.26. The first-order valence-corrected chi connectivity index (χ1v) is 20.7. The van der Waals surface area contributed by atoms with Gasteiger partial charge >= 0.3 is 0 Å². The molecule has 0 atom stereocenters. The Morgan fingerprint density at radius 1 is 0.273 bits per heavy atom. The molecule has 0 spiro atoms. The Balaban J connectivity index is 1.20. The van der Waals surface area contributed by atoms with E-state index in [1.165, 1.54) is 0 Å². The molecule has 0 aliphatic rings. The van der Waals surface area contributed by atoms with E-state index in [1.54, 1.807) is 0 Å². The van der Waals surface area contributed by atoms with Crippen molar-refractivity contribution in [1.29, 1.82) is 0 Å². The molecule has 10 rings (SSSR count). The van der Waals surface area contributed by atoms with E-state index in [9.17, 15) is 0 Å². The number of anilines is 3. The number of fused-ring (bicyclic) bond motifs is 5. The molecule has 0 aliphatic carbocycles. The normalized spacial score (nSPS) is 11.6. The van der Waals surface area contributed by atoms with Crippen LogP contribution in [0.2, 0.25) is 0 Å². The molecular formula is C50H19B14NO.